The number of benzene rings is 1. The van der Waals surface area contributed by atoms with Crippen LogP contribution in [0.25, 0.3) is 0 Å². The van der Waals surface area contributed by atoms with Gasteiger partial charge in [-0.1, -0.05) is 12.1 Å². The molecule has 0 amide bonds. The van der Waals surface area contributed by atoms with E-state index in [0.29, 0.717) is 18.1 Å². The second kappa shape index (κ2) is 4.62. The van der Waals surface area contributed by atoms with E-state index in [-0.39, 0.29) is 17.8 Å². The van der Waals surface area contributed by atoms with Gasteiger partial charge in [-0.25, -0.2) is 4.99 Å². The second-order valence-corrected chi connectivity index (χ2v) is 4.91. The maximum absolute atomic E-state index is 12.0. The van der Waals surface area contributed by atoms with Crippen molar-refractivity contribution in [2.24, 2.45) is 10.9 Å². The molecule has 1 aromatic rings. The van der Waals surface area contributed by atoms with E-state index in [1.54, 1.807) is 18.2 Å². The van der Waals surface area contributed by atoms with Crippen LogP contribution in [0.15, 0.2) is 29.3 Å². The Hall–Kier alpha value is -1.95. The summed E-state index contributed by atoms with van der Waals surface area (Å²) >= 11 is 5.11. The molecule has 3 rings (SSSR count). The molecule has 1 fully saturated rings. The molecule has 0 spiro atoms. The van der Waals surface area contributed by atoms with Gasteiger partial charge < -0.3 is 15.2 Å². The summed E-state index contributed by atoms with van der Waals surface area (Å²) in [5, 5.41) is 13.0. The lowest BCUT2D eigenvalue weighted by Crippen LogP contribution is -2.47. The van der Waals surface area contributed by atoms with E-state index in [9.17, 15) is 9.90 Å². The van der Waals surface area contributed by atoms with Crippen LogP contribution in [0.4, 0.5) is 0 Å². The number of esters is 1. The molecule has 2 N–H and O–H groups in total. The lowest BCUT2D eigenvalue weighted by atomic mass is 9.85. The SMILES string of the molecule is O=C1OCCC2=NC(=S)NC(c3cccc(O)c3)C12. The summed E-state index contributed by atoms with van der Waals surface area (Å²) in [6, 6.07) is 6.43. The molecular weight excluding hydrogens is 264 g/mol. The average Bonchev–Trinajstić information content (AvgIpc) is 2.37. The third kappa shape index (κ3) is 2.19. The van der Waals surface area contributed by atoms with Crippen LogP contribution in [0.5, 0.6) is 5.75 Å². The lowest BCUT2D eigenvalue weighted by molar-refractivity contribution is -0.148. The van der Waals surface area contributed by atoms with Gasteiger partial charge in [0, 0.05) is 12.1 Å². The van der Waals surface area contributed by atoms with Crippen LogP contribution in [0, 0.1) is 5.92 Å². The molecule has 2 unspecified atom stereocenters. The number of rotatable bonds is 1. The Kier molecular flexibility index (Phi) is 2.94. The van der Waals surface area contributed by atoms with Crippen LogP contribution in [0.3, 0.4) is 0 Å². The van der Waals surface area contributed by atoms with Gasteiger partial charge >= 0.3 is 5.97 Å². The second-order valence-electron chi connectivity index (χ2n) is 4.52. The van der Waals surface area contributed by atoms with Gasteiger partial charge in [0.05, 0.1) is 12.6 Å². The number of phenolic OH excluding ortho intramolecular Hbond substituents is 1. The fraction of sp³-hybridized carbons (Fsp3) is 0.308. The first-order valence-electron chi connectivity index (χ1n) is 5.98. The van der Waals surface area contributed by atoms with Crippen molar-refractivity contribution in [1.82, 2.24) is 5.32 Å². The summed E-state index contributed by atoms with van der Waals surface area (Å²) in [5.74, 6) is -0.617. The van der Waals surface area contributed by atoms with Gasteiger partial charge in [0.2, 0.25) is 0 Å². The molecule has 5 nitrogen and oxygen atoms in total. The smallest absolute Gasteiger partial charge is 0.317 e. The molecule has 0 bridgehead atoms. The van der Waals surface area contributed by atoms with Gasteiger partial charge in [0.25, 0.3) is 0 Å². The number of cyclic esters (lactones) is 1. The Labute approximate surface area is 115 Å². The van der Waals surface area contributed by atoms with E-state index in [1.165, 1.54) is 0 Å². The number of phenols is 1. The minimum Gasteiger partial charge on any atom is -0.508 e. The first-order valence-corrected chi connectivity index (χ1v) is 6.39. The Morgan fingerprint density at radius 1 is 1.47 bits per heavy atom. The number of carbonyl (C=O) groups excluding carboxylic acids is 1. The Bertz CT molecular complexity index is 585. The van der Waals surface area contributed by atoms with Gasteiger partial charge in [-0.05, 0) is 29.9 Å². The summed E-state index contributed by atoms with van der Waals surface area (Å²) in [4.78, 5) is 16.2. The zero-order valence-corrected chi connectivity index (χ0v) is 10.8. The van der Waals surface area contributed by atoms with E-state index < -0.39 is 5.92 Å². The highest BCUT2D eigenvalue weighted by Gasteiger charge is 2.41. The summed E-state index contributed by atoms with van der Waals surface area (Å²) in [6.45, 7) is 0.351. The maximum atomic E-state index is 12.0. The summed E-state index contributed by atoms with van der Waals surface area (Å²) in [7, 11) is 0. The number of carbonyl (C=O) groups is 1. The van der Waals surface area contributed by atoms with Crippen LogP contribution in [-0.2, 0) is 9.53 Å². The molecular formula is C13H12N2O3S. The number of hydrogen-bond acceptors (Lipinski definition) is 4. The monoisotopic (exact) mass is 276 g/mol. The van der Waals surface area contributed by atoms with Crippen molar-refractivity contribution in [2.45, 2.75) is 12.5 Å². The molecule has 6 heteroatoms. The van der Waals surface area contributed by atoms with Gasteiger partial charge in [-0.3, -0.25) is 4.79 Å². The molecule has 2 atom stereocenters. The topological polar surface area (TPSA) is 70.9 Å². The van der Waals surface area contributed by atoms with Crippen LogP contribution in [0.1, 0.15) is 18.0 Å². The predicted molar refractivity (Wildman–Crippen MR) is 73.1 cm³/mol. The fourth-order valence-corrected chi connectivity index (χ4v) is 2.71. The molecule has 1 saturated heterocycles. The van der Waals surface area contributed by atoms with Crippen LogP contribution in [-0.4, -0.2) is 28.5 Å². The van der Waals surface area contributed by atoms with Crippen molar-refractivity contribution in [3.8, 4) is 5.75 Å². The van der Waals surface area contributed by atoms with Crippen LogP contribution < -0.4 is 5.32 Å². The number of ether oxygens (including phenoxy) is 1. The van der Waals surface area contributed by atoms with Crippen molar-refractivity contribution >= 4 is 29.0 Å². The molecule has 0 radical (unpaired) electrons. The first kappa shape index (κ1) is 12.1. The predicted octanol–water partition coefficient (Wildman–Crippen LogP) is 1.33. The molecule has 0 aliphatic carbocycles. The lowest BCUT2D eigenvalue weighted by Gasteiger charge is -2.34. The largest absolute Gasteiger partial charge is 0.508 e. The van der Waals surface area contributed by atoms with Crippen molar-refractivity contribution in [1.29, 1.82) is 0 Å². The first-order chi connectivity index (χ1) is 9.15. The number of thiocarbonyl (C=S) groups is 1. The van der Waals surface area contributed by atoms with E-state index in [2.05, 4.69) is 10.3 Å². The van der Waals surface area contributed by atoms with Crippen LogP contribution in [0.2, 0.25) is 0 Å². The summed E-state index contributed by atoms with van der Waals surface area (Å²) in [6.07, 6.45) is 0.605. The molecule has 98 valence electrons. The van der Waals surface area contributed by atoms with Gasteiger partial charge in [-0.2, -0.15) is 0 Å². The molecule has 2 aliphatic rings. The third-order valence-electron chi connectivity index (χ3n) is 3.30. The summed E-state index contributed by atoms with van der Waals surface area (Å²) in [5.41, 5.74) is 1.55. The summed E-state index contributed by atoms with van der Waals surface area (Å²) < 4.78 is 5.10. The number of nitrogens with zero attached hydrogens (tertiary/aromatic N) is 1. The molecule has 2 aliphatic heterocycles. The zero-order valence-electron chi connectivity index (χ0n) is 10.00. The van der Waals surface area contributed by atoms with Gasteiger partial charge in [0.1, 0.15) is 11.7 Å². The van der Waals surface area contributed by atoms with Crippen molar-refractivity contribution < 1.29 is 14.6 Å². The number of aliphatic imine (C=N–C) groups is 1. The zero-order chi connectivity index (χ0) is 13.4. The minimum absolute atomic E-state index is 0.151. The number of nitrogens with one attached hydrogen (secondary N) is 1. The number of hydrogen-bond donors (Lipinski definition) is 2. The Balaban J connectivity index is 2.03. The standard InChI is InChI=1S/C13H12N2O3S/c16-8-3-1-2-7(6-8)11-10-9(14-13(19)15-11)4-5-18-12(10)17/h1-3,6,10-11,16H,4-5H2,(H,15,19). The van der Waals surface area contributed by atoms with Crippen molar-refractivity contribution in [2.75, 3.05) is 6.61 Å². The van der Waals surface area contributed by atoms with E-state index in [4.69, 9.17) is 17.0 Å². The van der Waals surface area contributed by atoms with E-state index in [0.717, 1.165) is 11.3 Å². The third-order valence-corrected chi connectivity index (χ3v) is 3.51. The molecule has 1 aromatic carbocycles. The highest BCUT2D eigenvalue weighted by Crippen LogP contribution is 2.32. The molecule has 2 heterocycles. The normalized spacial score (nSPS) is 26.0. The van der Waals surface area contributed by atoms with Crippen molar-refractivity contribution in [3.05, 3.63) is 29.8 Å². The van der Waals surface area contributed by atoms with E-state index in [1.807, 2.05) is 6.07 Å². The highest BCUT2D eigenvalue weighted by molar-refractivity contribution is 7.80. The molecule has 0 saturated carbocycles. The van der Waals surface area contributed by atoms with Crippen molar-refractivity contribution in [3.63, 3.8) is 0 Å². The maximum Gasteiger partial charge on any atom is 0.317 e. The molecule has 19 heavy (non-hydrogen) atoms. The highest BCUT2D eigenvalue weighted by atomic mass is 32.1. The van der Waals surface area contributed by atoms with E-state index >= 15 is 0 Å². The minimum atomic E-state index is -0.470. The average molecular weight is 276 g/mol. The number of aromatic hydroxyl groups is 1. The van der Waals surface area contributed by atoms with Gasteiger partial charge in [-0.15, -0.1) is 0 Å². The Morgan fingerprint density at radius 3 is 3.11 bits per heavy atom. The quantitative estimate of drug-likeness (QED) is 0.598. The number of fused-ring (bicyclic) bond motifs is 1. The van der Waals surface area contributed by atoms with Gasteiger partial charge in [0.15, 0.2) is 5.11 Å². The van der Waals surface area contributed by atoms with Crippen LogP contribution >= 0.6 is 12.2 Å². The Morgan fingerprint density at radius 2 is 2.32 bits per heavy atom. The molecule has 0 aromatic heterocycles. The fourth-order valence-electron chi connectivity index (χ4n) is 2.46.